The summed E-state index contributed by atoms with van der Waals surface area (Å²) in [5.41, 5.74) is 6.05. The lowest BCUT2D eigenvalue weighted by Crippen LogP contribution is -2.15. The lowest BCUT2D eigenvalue weighted by Gasteiger charge is -2.14. The van der Waals surface area contributed by atoms with Crippen LogP contribution in [0.25, 0.3) is 32.4 Å². The molecule has 0 spiro atoms. The van der Waals surface area contributed by atoms with E-state index in [0.717, 1.165) is 43.7 Å². The molecule has 1 amide bonds. The van der Waals surface area contributed by atoms with Gasteiger partial charge in [-0.2, -0.15) is 0 Å². The molecule has 0 fully saturated rings. The number of thiazole rings is 1. The minimum atomic E-state index is -0.191. The number of hydrogen-bond donors (Lipinski definition) is 1. The van der Waals surface area contributed by atoms with Crippen LogP contribution in [0.5, 0.6) is 5.75 Å². The van der Waals surface area contributed by atoms with Gasteiger partial charge in [0.25, 0.3) is 5.91 Å². The van der Waals surface area contributed by atoms with Crippen molar-refractivity contribution in [3.05, 3.63) is 83.4 Å². The molecule has 0 saturated carbocycles. The van der Waals surface area contributed by atoms with Crippen LogP contribution in [0.3, 0.4) is 0 Å². The Kier molecular flexibility index (Phi) is 5.52. The number of ether oxygens (including phenoxy) is 1. The second-order valence-electron chi connectivity index (χ2n) is 7.88. The van der Waals surface area contributed by atoms with E-state index in [0.29, 0.717) is 17.3 Å². The lowest BCUT2D eigenvalue weighted by atomic mass is 9.97. The number of nitrogens with zero attached hydrogens (tertiary/aromatic N) is 2. The quantitative estimate of drug-likeness (QED) is 0.319. The van der Waals surface area contributed by atoms with Gasteiger partial charge in [0.1, 0.15) is 5.75 Å². The van der Waals surface area contributed by atoms with Crippen molar-refractivity contribution >= 4 is 43.5 Å². The molecule has 33 heavy (non-hydrogen) atoms. The fourth-order valence-corrected chi connectivity index (χ4v) is 4.86. The molecule has 0 unspecified atom stereocenters. The molecule has 0 radical (unpaired) electrons. The van der Waals surface area contributed by atoms with Gasteiger partial charge in [-0.3, -0.25) is 10.1 Å². The summed E-state index contributed by atoms with van der Waals surface area (Å²) in [7, 11) is 0. The summed E-state index contributed by atoms with van der Waals surface area (Å²) in [6.07, 6.45) is 0. The Bertz CT molecular complexity index is 1490. The maximum Gasteiger partial charge on any atom is 0.258 e. The monoisotopic (exact) mass is 453 g/mol. The lowest BCUT2D eigenvalue weighted by molar-refractivity contribution is 0.102. The molecule has 2 aromatic heterocycles. The summed E-state index contributed by atoms with van der Waals surface area (Å²) < 4.78 is 6.55. The van der Waals surface area contributed by atoms with E-state index in [1.807, 2.05) is 68.4 Å². The molecule has 0 aliphatic carbocycles. The maximum atomic E-state index is 13.5. The highest BCUT2D eigenvalue weighted by Crippen LogP contribution is 2.33. The van der Waals surface area contributed by atoms with Crippen molar-refractivity contribution in [1.82, 2.24) is 9.97 Å². The Labute approximate surface area is 196 Å². The van der Waals surface area contributed by atoms with E-state index < -0.39 is 0 Å². The zero-order valence-electron chi connectivity index (χ0n) is 18.7. The van der Waals surface area contributed by atoms with Gasteiger partial charge < -0.3 is 4.74 Å². The molecule has 5 aromatic rings. The first-order valence-corrected chi connectivity index (χ1v) is 11.7. The average Bonchev–Trinajstić information content (AvgIpc) is 3.21. The van der Waals surface area contributed by atoms with Crippen LogP contribution in [0.1, 0.15) is 28.4 Å². The highest BCUT2D eigenvalue weighted by Gasteiger charge is 2.20. The number of carbonyl (C=O) groups excluding carboxylic acids is 1. The third-order valence-corrected chi connectivity index (χ3v) is 6.51. The first-order valence-electron chi connectivity index (χ1n) is 10.8. The number of pyridine rings is 1. The van der Waals surface area contributed by atoms with E-state index in [1.54, 1.807) is 0 Å². The molecule has 6 heteroatoms. The van der Waals surface area contributed by atoms with Gasteiger partial charge in [-0.1, -0.05) is 59.4 Å². The number of aryl methyl sites for hydroxylation is 1. The van der Waals surface area contributed by atoms with Gasteiger partial charge in [0, 0.05) is 10.9 Å². The SMILES string of the molecule is CCOc1ccc2nc(NC(=O)c3c(C)c(-c4ccc(C)cc4)nc4ccccc34)sc2c1. The smallest absolute Gasteiger partial charge is 0.258 e. The predicted molar refractivity (Wildman–Crippen MR) is 135 cm³/mol. The second-order valence-corrected chi connectivity index (χ2v) is 8.91. The minimum Gasteiger partial charge on any atom is -0.494 e. The molecule has 5 nitrogen and oxygen atoms in total. The number of anilines is 1. The number of nitrogens with one attached hydrogen (secondary N) is 1. The van der Waals surface area contributed by atoms with E-state index in [9.17, 15) is 4.79 Å². The van der Waals surface area contributed by atoms with E-state index in [-0.39, 0.29) is 5.91 Å². The third-order valence-electron chi connectivity index (χ3n) is 5.58. The van der Waals surface area contributed by atoms with Crippen LogP contribution in [0.2, 0.25) is 0 Å². The van der Waals surface area contributed by atoms with Gasteiger partial charge in [0.05, 0.1) is 33.6 Å². The first kappa shape index (κ1) is 21.1. The molecule has 5 rings (SSSR count). The van der Waals surface area contributed by atoms with Crippen LogP contribution >= 0.6 is 11.3 Å². The summed E-state index contributed by atoms with van der Waals surface area (Å²) in [6.45, 7) is 6.56. The summed E-state index contributed by atoms with van der Waals surface area (Å²) in [6, 6.07) is 21.7. The van der Waals surface area contributed by atoms with Crippen molar-refractivity contribution < 1.29 is 9.53 Å². The Morgan fingerprint density at radius 2 is 1.76 bits per heavy atom. The number of rotatable bonds is 5. The van der Waals surface area contributed by atoms with Crippen LogP contribution in [-0.4, -0.2) is 22.5 Å². The number of carbonyl (C=O) groups is 1. The molecular weight excluding hydrogens is 430 g/mol. The zero-order chi connectivity index (χ0) is 22.9. The molecule has 0 bridgehead atoms. The minimum absolute atomic E-state index is 0.191. The Balaban J connectivity index is 1.57. The predicted octanol–water partition coefficient (Wildman–Crippen LogP) is 6.78. The highest BCUT2D eigenvalue weighted by atomic mass is 32.1. The Hall–Kier alpha value is -3.77. The fourth-order valence-electron chi connectivity index (χ4n) is 3.97. The number of benzene rings is 3. The summed E-state index contributed by atoms with van der Waals surface area (Å²) in [5.74, 6) is 0.605. The first-order chi connectivity index (χ1) is 16.0. The van der Waals surface area contributed by atoms with Gasteiger partial charge in [-0.25, -0.2) is 9.97 Å². The van der Waals surface area contributed by atoms with Gasteiger partial charge in [-0.05, 0) is 50.6 Å². The highest BCUT2D eigenvalue weighted by molar-refractivity contribution is 7.22. The maximum absolute atomic E-state index is 13.5. The summed E-state index contributed by atoms with van der Waals surface area (Å²) in [5, 5.41) is 4.40. The molecule has 0 saturated heterocycles. The Morgan fingerprint density at radius 3 is 2.55 bits per heavy atom. The van der Waals surface area contributed by atoms with Crippen molar-refractivity contribution in [2.24, 2.45) is 0 Å². The van der Waals surface area contributed by atoms with Crippen molar-refractivity contribution in [1.29, 1.82) is 0 Å². The van der Waals surface area contributed by atoms with E-state index in [4.69, 9.17) is 9.72 Å². The third kappa shape index (κ3) is 4.05. The fraction of sp³-hybridized carbons (Fsp3) is 0.148. The summed E-state index contributed by atoms with van der Waals surface area (Å²) in [4.78, 5) is 23.0. The number of amides is 1. The largest absolute Gasteiger partial charge is 0.494 e. The topological polar surface area (TPSA) is 64.1 Å². The van der Waals surface area contributed by atoms with Crippen LogP contribution in [0, 0.1) is 13.8 Å². The van der Waals surface area contributed by atoms with Crippen LogP contribution in [-0.2, 0) is 0 Å². The van der Waals surface area contributed by atoms with E-state index >= 15 is 0 Å². The zero-order valence-corrected chi connectivity index (χ0v) is 19.5. The molecule has 0 aliphatic rings. The number of hydrogen-bond acceptors (Lipinski definition) is 5. The standard InChI is InChI=1S/C27H23N3O2S/c1-4-32-19-13-14-22-23(15-19)33-27(29-22)30-26(31)24-17(3)25(18-11-9-16(2)10-12-18)28-21-8-6-5-7-20(21)24/h5-15H,4H2,1-3H3,(H,29,30,31). The van der Waals surface area contributed by atoms with Gasteiger partial charge in [0.15, 0.2) is 5.13 Å². The average molecular weight is 454 g/mol. The molecule has 1 N–H and O–H groups in total. The van der Waals surface area contributed by atoms with Crippen molar-refractivity contribution in [3.8, 4) is 17.0 Å². The molecule has 0 aliphatic heterocycles. The van der Waals surface area contributed by atoms with Crippen molar-refractivity contribution in [2.75, 3.05) is 11.9 Å². The molecule has 164 valence electrons. The van der Waals surface area contributed by atoms with Crippen LogP contribution in [0.15, 0.2) is 66.7 Å². The molecule has 3 aromatic carbocycles. The van der Waals surface area contributed by atoms with Crippen LogP contribution in [0.4, 0.5) is 5.13 Å². The van der Waals surface area contributed by atoms with Gasteiger partial charge >= 0.3 is 0 Å². The van der Waals surface area contributed by atoms with Crippen LogP contribution < -0.4 is 10.1 Å². The van der Waals surface area contributed by atoms with Crippen molar-refractivity contribution in [2.45, 2.75) is 20.8 Å². The van der Waals surface area contributed by atoms with E-state index in [1.165, 1.54) is 16.9 Å². The molecular formula is C27H23N3O2S. The molecule has 2 heterocycles. The summed E-state index contributed by atoms with van der Waals surface area (Å²) >= 11 is 1.44. The molecule has 0 atom stereocenters. The van der Waals surface area contributed by atoms with Gasteiger partial charge in [0.2, 0.25) is 0 Å². The van der Waals surface area contributed by atoms with Crippen molar-refractivity contribution in [3.63, 3.8) is 0 Å². The normalized spacial score (nSPS) is 11.1. The van der Waals surface area contributed by atoms with Gasteiger partial charge in [-0.15, -0.1) is 0 Å². The number of para-hydroxylation sites is 1. The second kappa shape index (κ2) is 8.64. The number of fused-ring (bicyclic) bond motifs is 2. The van der Waals surface area contributed by atoms with E-state index in [2.05, 4.69) is 29.4 Å². The Morgan fingerprint density at radius 1 is 0.970 bits per heavy atom. The number of aromatic nitrogens is 2.